The summed E-state index contributed by atoms with van der Waals surface area (Å²) in [6.07, 6.45) is -3.57. The summed E-state index contributed by atoms with van der Waals surface area (Å²) in [4.78, 5) is 12.9. The molecule has 0 atom stereocenters. The van der Waals surface area contributed by atoms with E-state index >= 15 is 0 Å². The summed E-state index contributed by atoms with van der Waals surface area (Å²) >= 11 is 0. The molecule has 20 heavy (non-hydrogen) atoms. The summed E-state index contributed by atoms with van der Waals surface area (Å²) in [5.41, 5.74) is 0. The van der Waals surface area contributed by atoms with Crippen molar-refractivity contribution in [1.29, 1.82) is 0 Å². The number of ether oxygens (including phenoxy) is 1. The molecular weight excluding hydrogens is 277 g/mol. The predicted octanol–water partition coefficient (Wildman–Crippen LogP) is 1.07. The lowest BCUT2D eigenvalue weighted by atomic mass is 10.2. The fraction of sp³-hybridized carbons (Fsp3) is 0.727. The van der Waals surface area contributed by atoms with Gasteiger partial charge >= 0.3 is 12.1 Å². The molecule has 0 radical (unpaired) electrons. The summed E-state index contributed by atoms with van der Waals surface area (Å²) in [6.45, 7) is 1.61. The second kappa shape index (κ2) is 5.78. The number of nitrogens with zero attached hydrogens (tertiary/aromatic N) is 4. The molecule has 9 heteroatoms. The predicted molar refractivity (Wildman–Crippen MR) is 61.6 cm³/mol. The molecule has 0 amide bonds. The van der Waals surface area contributed by atoms with Gasteiger partial charge in [0.25, 0.3) is 0 Å². The van der Waals surface area contributed by atoms with Crippen molar-refractivity contribution in [3.8, 4) is 0 Å². The lowest BCUT2D eigenvalue weighted by Crippen LogP contribution is -2.36. The van der Waals surface area contributed by atoms with Crippen LogP contribution in [0, 0.1) is 0 Å². The summed E-state index contributed by atoms with van der Waals surface area (Å²) in [5, 5.41) is 6.80. The van der Waals surface area contributed by atoms with Crippen LogP contribution in [-0.2, 0) is 28.8 Å². The largest absolute Gasteiger partial charge is 0.469 e. The van der Waals surface area contributed by atoms with Crippen LogP contribution in [0.25, 0.3) is 0 Å². The molecule has 6 nitrogen and oxygen atoms in total. The van der Waals surface area contributed by atoms with E-state index in [1.165, 1.54) is 7.11 Å². The van der Waals surface area contributed by atoms with Crippen LogP contribution in [0.2, 0.25) is 0 Å². The third kappa shape index (κ3) is 3.27. The summed E-state index contributed by atoms with van der Waals surface area (Å²) in [6, 6.07) is 0. The van der Waals surface area contributed by atoms with Gasteiger partial charge in [0.15, 0.2) is 0 Å². The van der Waals surface area contributed by atoms with Crippen molar-refractivity contribution < 1.29 is 22.7 Å². The van der Waals surface area contributed by atoms with E-state index < -0.39 is 12.0 Å². The highest BCUT2D eigenvalue weighted by atomic mass is 19.4. The highest BCUT2D eigenvalue weighted by Gasteiger charge is 2.39. The van der Waals surface area contributed by atoms with Crippen molar-refractivity contribution in [3.05, 3.63) is 11.6 Å². The van der Waals surface area contributed by atoms with Gasteiger partial charge in [-0.2, -0.15) is 13.2 Å². The van der Waals surface area contributed by atoms with E-state index in [0.717, 1.165) is 4.57 Å². The maximum Gasteiger partial charge on any atom is 0.451 e. The number of fused-ring (bicyclic) bond motifs is 1. The Morgan fingerprint density at radius 1 is 1.35 bits per heavy atom. The Bertz CT molecular complexity index is 487. The molecule has 2 rings (SSSR count). The molecular formula is C11H15F3N4O2. The van der Waals surface area contributed by atoms with Crippen LogP contribution in [0.1, 0.15) is 24.5 Å². The van der Waals surface area contributed by atoms with E-state index in [1.54, 1.807) is 0 Å². The first-order chi connectivity index (χ1) is 9.41. The van der Waals surface area contributed by atoms with Gasteiger partial charge in [-0.15, -0.1) is 10.2 Å². The number of alkyl halides is 3. The van der Waals surface area contributed by atoms with Gasteiger partial charge in [-0.1, -0.05) is 0 Å². The molecule has 1 aliphatic rings. The zero-order chi connectivity index (χ0) is 14.8. The minimum absolute atomic E-state index is 0.204. The molecule has 0 saturated carbocycles. The first-order valence-corrected chi connectivity index (χ1v) is 6.20. The zero-order valence-electron chi connectivity index (χ0n) is 11.0. The smallest absolute Gasteiger partial charge is 0.451 e. The van der Waals surface area contributed by atoms with Crippen LogP contribution >= 0.6 is 0 Å². The summed E-state index contributed by atoms with van der Waals surface area (Å²) in [7, 11) is 1.32. The maximum absolute atomic E-state index is 12.6. The highest BCUT2D eigenvalue weighted by molar-refractivity contribution is 5.69. The van der Waals surface area contributed by atoms with E-state index in [1.807, 2.05) is 4.90 Å². The first kappa shape index (κ1) is 14.8. The number of rotatable bonds is 4. The third-order valence-electron chi connectivity index (χ3n) is 3.17. The molecule has 0 spiro atoms. The topological polar surface area (TPSA) is 60.2 Å². The molecule has 1 aromatic rings. The molecule has 112 valence electrons. The Labute approximate surface area is 113 Å². The fourth-order valence-corrected chi connectivity index (χ4v) is 2.16. The van der Waals surface area contributed by atoms with Crippen molar-refractivity contribution in [1.82, 2.24) is 19.7 Å². The van der Waals surface area contributed by atoms with Gasteiger partial charge < -0.3 is 9.30 Å². The number of hydrogen-bond acceptors (Lipinski definition) is 5. The van der Waals surface area contributed by atoms with Gasteiger partial charge in [0.05, 0.1) is 13.7 Å². The van der Waals surface area contributed by atoms with E-state index in [0.29, 0.717) is 38.3 Å². The van der Waals surface area contributed by atoms with Gasteiger partial charge in [-0.25, -0.2) is 0 Å². The van der Waals surface area contributed by atoms with E-state index in [4.69, 9.17) is 0 Å². The Morgan fingerprint density at radius 2 is 2.10 bits per heavy atom. The molecule has 0 bridgehead atoms. The molecule has 0 fully saturated rings. The second-order valence-electron chi connectivity index (χ2n) is 4.55. The van der Waals surface area contributed by atoms with Crippen molar-refractivity contribution >= 4 is 5.97 Å². The SMILES string of the molecule is COC(=O)CCCN1CCn2c(nnc2C(F)(F)F)C1. The first-order valence-electron chi connectivity index (χ1n) is 6.20. The molecule has 0 aromatic carbocycles. The Kier molecular flexibility index (Phi) is 4.26. The van der Waals surface area contributed by atoms with Crippen LogP contribution in [-0.4, -0.2) is 45.8 Å². The third-order valence-corrected chi connectivity index (χ3v) is 3.17. The molecule has 0 unspecified atom stereocenters. The fourth-order valence-electron chi connectivity index (χ4n) is 2.16. The highest BCUT2D eigenvalue weighted by Crippen LogP contribution is 2.29. The lowest BCUT2D eigenvalue weighted by molar-refractivity contribution is -0.148. The van der Waals surface area contributed by atoms with Gasteiger partial charge in [-0.3, -0.25) is 9.69 Å². The molecule has 0 aliphatic carbocycles. The molecule has 1 aromatic heterocycles. The molecule has 1 aliphatic heterocycles. The number of esters is 1. The minimum Gasteiger partial charge on any atom is -0.469 e. The number of hydrogen-bond donors (Lipinski definition) is 0. The minimum atomic E-state index is -4.47. The molecule has 0 N–H and O–H groups in total. The van der Waals surface area contributed by atoms with Gasteiger partial charge in [0, 0.05) is 19.5 Å². The van der Waals surface area contributed by atoms with Gasteiger partial charge in [0.1, 0.15) is 5.82 Å². The number of carbonyl (C=O) groups is 1. The van der Waals surface area contributed by atoms with Gasteiger partial charge in [-0.05, 0) is 13.0 Å². The van der Waals surface area contributed by atoms with Crippen LogP contribution in [0.15, 0.2) is 0 Å². The Hall–Kier alpha value is -1.64. The Morgan fingerprint density at radius 3 is 2.75 bits per heavy atom. The van der Waals surface area contributed by atoms with E-state index in [9.17, 15) is 18.0 Å². The van der Waals surface area contributed by atoms with Crippen LogP contribution in [0.4, 0.5) is 13.2 Å². The molecule has 2 heterocycles. The number of carbonyl (C=O) groups excluding carboxylic acids is 1. The number of halogens is 3. The average Bonchev–Trinajstić information content (AvgIpc) is 2.81. The standard InChI is InChI=1S/C11H15F3N4O2/c1-20-9(19)3-2-4-17-5-6-18-8(7-17)15-16-10(18)11(12,13)14/h2-7H2,1H3. The average molecular weight is 292 g/mol. The normalized spacial score (nSPS) is 16.0. The number of aromatic nitrogens is 3. The van der Waals surface area contributed by atoms with Crippen LogP contribution < -0.4 is 0 Å². The van der Waals surface area contributed by atoms with Crippen molar-refractivity contribution in [3.63, 3.8) is 0 Å². The second-order valence-corrected chi connectivity index (χ2v) is 4.55. The summed E-state index contributed by atoms with van der Waals surface area (Å²) < 4.78 is 43.6. The van der Waals surface area contributed by atoms with Crippen LogP contribution in [0.5, 0.6) is 0 Å². The van der Waals surface area contributed by atoms with Crippen molar-refractivity contribution in [2.75, 3.05) is 20.2 Å². The van der Waals surface area contributed by atoms with Crippen molar-refractivity contribution in [2.24, 2.45) is 0 Å². The van der Waals surface area contributed by atoms with E-state index in [2.05, 4.69) is 14.9 Å². The van der Waals surface area contributed by atoms with E-state index in [-0.39, 0.29) is 12.5 Å². The summed E-state index contributed by atoms with van der Waals surface area (Å²) in [5.74, 6) is -0.923. The quantitative estimate of drug-likeness (QED) is 0.777. The van der Waals surface area contributed by atoms with Crippen LogP contribution in [0.3, 0.4) is 0 Å². The monoisotopic (exact) mass is 292 g/mol. The maximum atomic E-state index is 12.6. The lowest BCUT2D eigenvalue weighted by Gasteiger charge is -2.27. The van der Waals surface area contributed by atoms with Crippen molar-refractivity contribution in [2.45, 2.75) is 32.1 Å². The van der Waals surface area contributed by atoms with Gasteiger partial charge in [0.2, 0.25) is 5.82 Å². The number of methoxy groups -OCH3 is 1. The molecule has 0 saturated heterocycles. The zero-order valence-corrected chi connectivity index (χ0v) is 11.0. The Balaban J connectivity index is 1.92.